The minimum atomic E-state index is -0.0232. The van der Waals surface area contributed by atoms with Gasteiger partial charge in [0.15, 0.2) is 0 Å². The number of hydrogen-bond acceptors (Lipinski definition) is 3. The molecule has 5 nitrogen and oxygen atoms in total. The van der Waals surface area contributed by atoms with Gasteiger partial charge in [-0.1, -0.05) is 24.3 Å². The summed E-state index contributed by atoms with van der Waals surface area (Å²) in [6.07, 6.45) is 1.99. The topological polar surface area (TPSA) is 83.8 Å². The molecule has 1 amide bonds. The lowest BCUT2D eigenvalue weighted by atomic mass is 10.1. The number of carbonyl (C=O) groups is 1. The van der Waals surface area contributed by atoms with Crippen LogP contribution in [0.4, 0.5) is 5.82 Å². The van der Waals surface area contributed by atoms with Crippen molar-refractivity contribution in [3.63, 3.8) is 0 Å². The van der Waals surface area contributed by atoms with Crippen LogP contribution in [-0.2, 0) is 17.8 Å². The highest BCUT2D eigenvalue weighted by Crippen LogP contribution is 2.08. The maximum absolute atomic E-state index is 11.8. The molecule has 0 fully saturated rings. The molecule has 0 radical (unpaired) electrons. The molecule has 4 N–H and O–H groups in total. The summed E-state index contributed by atoms with van der Waals surface area (Å²) in [5.41, 5.74) is 8.59. The SMILES string of the molecule is Cc1ccccc1CC(=O)NCc1cn[nH]c1N. The van der Waals surface area contributed by atoms with Gasteiger partial charge < -0.3 is 11.1 Å². The van der Waals surface area contributed by atoms with Crippen molar-refractivity contribution in [3.05, 3.63) is 47.2 Å². The van der Waals surface area contributed by atoms with Crippen LogP contribution in [0.15, 0.2) is 30.5 Å². The Labute approximate surface area is 105 Å². The number of H-pyrrole nitrogens is 1. The van der Waals surface area contributed by atoms with Gasteiger partial charge in [0, 0.05) is 12.1 Å². The zero-order chi connectivity index (χ0) is 13.0. The second-order valence-corrected chi connectivity index (χ2v) is 4.19. The van der Waals surface area contributed by atoms with Crippen LogP contribution in [0.25, 0.3) is 0 Å². The lowest BCUT2D eigenvalue weighted by molar-refractivity contribution is -0.120. The number of aromatic nitrogens is 2. The van der Waals surface area contributed by atoms with Crippen LogP contribution in [0.2, 0.25) is 0 Å². The van der Waals surface area contributed by atoms with E-state index in [2.05, 4.69) is 15.5 Å². The molecule has 1 heterocycles. The third-order valence-electron chi connectivity index (χ3n) is 2.84. The summed E-state index contributed by atoms with van der Waals surface area (Å²) in [5, 5.41) is 9.25. The van der Waals surface area contributed by atoms with Crippen molar-refractivity contribution in [3.8, 4) is 0 Å². The van der Waals surface area contributed by atoms with E-state index in [0.29, 0.717) is 18.8 Å². The molecular formula is C13H16N4O. The van der Waals surface area contributed by atoms with Gasteiger partial charge in [-0.05, 0) is 18.1 Å². The molecule has 2 rings (SSSR count). The van der Waals surface area contributed by atoms with Gasteiger partial charge in [-0.2, -0.15) is 5.10 Å². The van der Waals surface area contributed by atoms with Crippen LogP contribution in [0, 0.1) is 6.92 Å². The van der Waals surface area contributed by atoms with Gasteiger partial charge in [0.2, 0.25) is 5.91 Å². The normalized spacial score (nSPS) is 10.3. The Bertz CT molecular complexity index is 547. The molecule has 0 saturated heterocycles. The van der Waals surface area contributed by atoms with E-state index in [1.54, 1.807) is 6.20 Å². The first kappa shape index (κ1) is 12.2. The number of amides is 1. The Kier molecular flexibility index (Phi) is 3.62. The smallest absolute Gasteiger partial charge is 0.224 e. The molecule has 0 spiro atoms. The molecule has 0 bridgehead atoms. The zero-order valence-electron chi connectivity index (χ0n) is 10.2. The van der Waals surface area contributed by atoms with Gasteiger partial charge in [0.25, 0.3) is 0 Å². The quantitative estimate of drug-likeness (QED) is 0.754. The summed E-state index contributed by atoms with van der Waals surface area (Å²) in [7, 11) is 0. The largest absolute Gasteiger partial charge is 0.384 e. The molecule has 2 aromatic rings. The highest BCUT2D eigenvalue weighted by atomic mass is 16.1. The van der Waals surface area contributed by atoms with Crippen molar-refractivity contribution in [2.24, 2.45) is 0 Å². The number of hydrogen-bond donors (Lipinski definition) is 3. The molecule has 18 heavy (non-hydrogen) atoms. The predicted octanol–water partition coefficient (Wildman–Crippen LogP) is 1.16. The molecule has 0 atom stereocenters. The Morgan fingerprint density at radius 2 is 2.17 bits per heavy atom. The maximum atomic E-state index is 11.8. The molecule has 0 saturated carbocycles. The van der Waals surface area contributed by atoms with Crippen molar-refractivity contribution >= 4 is 11.7 Å². The third-order valence-corrected chi connectivity index (χ3v) is 2.84. The molecule has 94 valence electrons. The van der Waals surface area contributed by atoms with Crippen molar-refractivity contribution in [1.82, 2.24) is 15.5 Å². The number of nitrogen functional groups attached to an aromatic ring is 1. The maximum Gasteiger partial charge on any atom is 0.224 e. The Hall–Kier alpha value is -2.30. The third kappa shape index (κ3) is 2.88. The monoisotopic (exact) mass is 244 g/mol. The fourth-order valence-corrected chi connectivity index (χ4v) is 1.70. The molecule has 0 aliphatic heterocycles. The van der Waals surface area contributed by atoms with Crippen molar-refractivity contribution in [2.45, 2.75) is 19.9 Å². The lowest BCUT2D eigenvalue weighted by Gasteiger charge is -2.06. The Morgan fingerprint density at radius 1 is 1.39 bits per heavy atom. The van der Waals surface area contributed by atoms with Gasteiger partial charge in [0.1, 0.15) is 5.82 Å². The molecule has 1 aromatic heterocycles. The van der Waals surface area contributed by atoms with Crippen molar-refractivity contribution in [2.75, 3.05) is 5.73 Å². The van der Waals surface area contributed by atoms with Crippen molar-refractivity contribution < 1.29 is 4.79 Å². The van der Waals surface area contributed by atoms with Crippen LogP contribution in [0.1, 0.15) is 16.7 Å². The summed E-state index contributed by atoms with van der Waals surface area (Å²) in [6, 6.07) is 7.85. The number of anilines is 1. The van der Waals surface area contributed by atoms with Crippen LogP contribution >= 0.6 is 0 Å². The molecular weight excluding hydrogens is 228 g/mol. The van der Waals surface area contributed by atoms with E-state index >= 15 is 0 Å². The van der Waals surface area contributed by atoms with Crippen LogP contribution in [0.3, 0.4) is 0 Å². The summed E-state index contributed by atoms with van der Waals surface area (Å²) in [6.45, 7) is 2.39. The lowest BCUT2D eigenvalue weighted by Crippen LogP contribution is -2.25. The highest BCUT2D eigenvalue weighted by Gasteiger charge is 2.07. The molecule has 5 heteroatoms. The van der Waals surface area contributed by atoms with E-state index in [1.165, 1.54) is 0 Å². The van der Waals surface area contributed by atoms with Gasteiger partial charge in [-0.25, -0.2) is 0 Å². The number of nitrogens with two attached hydrogens (primary N) is 1. The number of aryl methyl sites for hydroxylation is 1. The first-order valence-electron chi connectivity index (χ1n) is 5.75. The summed E-state index contributed by atoms with van der Waals surface area (Å²) < 4.78 is 0. The number of aromatic amines is 1. The predicted molar refractivity (Wildman–Crippen MR) is 69.7 cm³/mol. The van der Waals surface area contributed by atoms with E-state index in [0.717, 1.165) is 16.7 Å². The van der Waals surface area contributed by atoms with Gasteiger partial charge in [-0.15, -0.1) is 0 Å². The molecule has 0 unspecified atom stereocenters. The number of carbonyl (C=O) groups excluding carboxylic acids is 1. The van der Waals surface area contributed by atoms with Gasteiger partial charge in [0.05, 0.1) is 12.6 Å². The van der Waals surface area contributed by atoms with Crippen LogP contribution < -0.4 is 11.1 Å². The average Bonchev–Trinajstić information content (AvgIpc) is 2.75. The van der Waals surface area contributed by atoms with E-state index < -0.39 is 0 Å². The Morgan fingerprint density at radius 3 is 2.83 bits per heavy atom. The summed E-state index contributed by atoms with van der Waals surface area (Å²) >= 11 is 0. The summed E-state index contributed by atoms with van der Waals surface area (Å²) in [5.74, 6) is 0.469. The highest BCUT2D eigenvalue weighted by molar-refractivity contribution is 5.79. The fourth-order valence-electron chi connectivity index (χ4n) is 1.70. The first-order valence-corrected chi connectivity index (χ1v) is 5.75. The van der Waals surface area contributed by atoms with E-state index in [1.807, 2.05) is 31.2 Å². The minimum absolute atomic E-state index is 0.0232. The fraction of sp³-hybridized carbons (Fsp3) is 0.231. The van der Waals surface area contributed by atoms with Crippen LogP contribution in [-0.4, -0.2) is 16.1 Å². The molecule has 0 aliphatic rings. The summed E-state index contributed by atoms with van der Waals surface area (Å²) in [4.78, 5) is 11.8. The number of rotatable bonds is 4. The van der Waals surface area contributed by atoms with E-state index in [4.69, 9.17) is 5.73 Å². The minimum Gasteiger partial charge on any atom is -0.384 e. The van der Waals surface area contributed by atoms with Gasteiger partial charge >= 0.3 is 0 Å². The number of benzene rings is 1. The van der Waals surface area contributed by atoms with Crippen LogP contribution in [0.5, 0.6) is 0 Å². The molecule has 1 aromatic carbocycles. The average molecular weight is 244 g/mol. The number of nitrogens with zero attached hydrogens (tertiary/aromatic N) is 1. The van der Waals surface area contributed by atoms with E-state index in [-0.39, 0.29) is 5.91 Å². The zero-order valence-corrected chi connectivity index (χ0v) is 10.2. The number of nitrogens with one attached hydrogen (secondary N) is 2. The first-order chi connectivity index (χ1) is 8.66. The second kappa shape index (κ2) is 5.35. The molecule has 0 aliphatic carbocycles. The van der Waals surface area contributed by atoms with Gasteiger partial charge in [-0.3, -0.25) is 9.89 Å². The van der Waals surface area contributed by atoms with E-state index in [9.17, 15) is 4.79 Å². The second-order valence-electron chi connectivity index (χ2n) is 4.19. The van der Waals surface area contributed by atoms with Crippen molar-refractivity contribution in [1.29, 1.82) is 0 Å². The Balaban J connectivity index is 1.90. The standard InChI is InChI=1S/C13H16N4O/c1-9-4-2-3-5-10(9)6-12(18)15-7-11-8-16-17-13(11)14/h2-5,8H,6-7H2,1H3,(H,15,18)(H3,14,16,17).